The summed E-state index contributed by atoms with van der Waals surface area (Å²) < 4.78 is 33.4. The maximum Gasteiger partial charge on any atom is 0.328 e. The number of alkyl halides is 2. The third-order valence-corrected chi connectivity index (χ3v) is 4.90. The monoisotopic (exact) mass is 394 g/mol. The number of H-pyrrole nitrogens is 1. The summed E-state index contributed by atoms with van der Waals surface area (Å²) in [7, 11) is 1.68. The van der Waals surface area contributed by atoms with E-state index in [1.807, 2.05) is 0 Å². The van der Waals surface area contributed by atoms with Gasteiger partial charge in [-0.05, 0) is 25.6 Å². The van der Waals surface area contributed by atoms with E-state index in [0.29, 0.717) is 22.9 Å². The molecule has 0 aliphatic carbocycles. The van der Waals surface area contributed by atoms with Crippen molar-refractivity contribution in [3.8, 4) is 5.75 Å². The Balaban J connectivity index is 1.58. The average Bonchev–Trinajstić information content (AvgIpc) is 3.34. The number of carbonyl (C=O) groups excluding carboxylic acids is 2. The third-order valence-electron chi connectivity index (χ3n) is 4.90. The second kappa shape index (κ2) is 6.91. The van der Waals surface area contributed by atoms with Gasteiger partial charge < -0.3 is 14.6 Å². The van der Waals surface area contributed by atoms with E-state index in [1.165, 1.54) is 11.0 Å². The van der Waals surface area contributed by atoms with Gasteiger partial charge in [-0.3, -0.25) is 24.8 Å². The van der Waals surface area contributed by atoms with Crippen molar-refractivity contribution in [2.24, 2.45) is 0 Å². The summed E-state index contributed by atoms with van der Waals surface area (Å²) in [5.41, 5.74) is 6.48. The normalized spacial score (nSPS) is 22.9. The molecule has 0 bridgehead atoms. The van der Waals surface area contributed by atoms with Gasteiger partial charge in [-0.1, -0.05) is 0 Å². The average molecular weight is 394 g/mol. The van der Waals surface area contributed by atoms with Crippen molar-refractivity contribution in [2.45, 2.75) is 25.1 Å². The number of ether oxygens (including phenoxy) is 1. The lowest BCUT2D eigenvalue weighted by atomic mass is 10.2. The van der Waals surface area contributed by atoms with Gasteiger partial charge in [0, 0.05) is 30.9 Å². The Morgan fingerprint density at radius 2 is 2.29 bits per heavy atom. The first-order valence-corrected chi connectivity index (χ1v) is 8.83. The minimum atomic E-state index is -3.13. The van der Waals surface area contributed by atoms with Crippen molar-refractivity contribution in [1.29, 1.82) is 0 Å². The highest BCUT2D eigenvalue weighted by Gasteiger charge is 2.45. The van der Waals surface area contributed by atoms with E-state index in [1.54, 1.807) is 30.3 Å². The van der Waals surface area contributed by atoms with Gasteiger partial charge in [-0.25, -0.2) is 5.43 Å². The molecule has 4 heterocycles. The fourth-order valence-electron chi connectivity index (χ4n) is 3.50. The molecule has 3 N–H and O–H groups in total. The standard InChI is InChI=1S/C17H20F2N6O3/c1-20-22-14-7-11(3-6-23(14)9-26)24-10-28-13-8-12(21-15(13)24)16(27)25-5-2-4-17(25,18)19/h3,6-9,14,20-22H,2,4-5,10H2,1H3. The van der Waals surface area contributed by atoms with Gasteiger partial charge in [0.15, 0.2) is 18.3 Å². The highest BCUT2D eigenvalue weighted by molar-refractivity contribution is 5.95. The number of nitrogens with zero attached hydrogens (tertiary/aromatic N) is 3. The molecular formula is C17H20F2N6O3. The predicted molar refractivity (Wildman–Crippen MR) is 95.1 cm³/mol. The van der Waals surface area contributed by atoms with E-state index in [2.05, 4.69) is 15.8 Å². The molecule has 1 saturated heterocycles. The summed E-state index contributed by atoms with van der Waals surface area (Å²) in [5.74, 6) is 0.163. The van der Waals surface area contributed by atoms with Crippen molar-refractivity contribution in [3.63, 3.8) is 0 Å². The molecule has 1 fully saturated rings. The van der Waals surface area contributed by atoms with Crippen molar-refractivity contribution >= 4 is 18.1 Å². The lowest BCUT2D eigenvalue weighted by Gasteiger charge is -2.29. The molecule has 11 heteroatoms. The number of hydrogen-bond donors (Lipinski definition) is 3. The summed E-state index contributed by atoms with van der Waals surface area (Å²) in [5, 5.41) is 0. The van der Waals surface area contributed by atoms with Crippen LogP contribution in [0.5, 0.6) is 5.75 Å². The molecule has 1 aromatic rings. The lowest BCUT2D eigenvalue weighted by Crippen LogP contribution is -2.48. The molecule has 1 aromatic heterocycles. The number of hydrogen-bond acceptors (Lipinski definition) is 6. The zero-order valence-electron chi connectivity index (χ0n) is 15.1. The highest BCUT2D eigenvalue weighted by atomic mass is 19.3. The number of likely N-dealkylation sites (tertiary alicyclic amines) is 1. The van der Waals surface area contributed by atoms with Crippen LogP contribution in [0.25, 0.3) is 0 Å². The predicted octanol–water partition coefficient (Wildman–Crippen LogP) is 0.919. The van der Waals surface area contributed by atoms with Crippen molar-refractivity contribution in [1.82, 2.24) is 25.6 Å². The summed E-state index contributed by atoms with van der Waals surface area (Å²) in [6.45, 7) is 0.214. The van der Waals surface area contributed by atoms with E-state index in [-0.39, 0.29) is 31.8 Å². The molecule has 0 aromatic carbocycles. The SMILES string of the molecule is CNNC1C=C(N2COc3cc(C(=O)N4CCCC4(F)F)[nH]c32)C=CN1C=O. The Hall–Kier alpha value is -2.92. The number of aromatic nitrogens is 1. The summed E-state index contributed by atoms with van der Waals surface area (Å²) in [6, 6.07) is -1.69. The van der Waals surface area contributed by atoms with Gasteiger partial charge in [-0.15, -0.1) is 0 Å². The Bertz CT molecular complexity index is 852. The molecular weight excluding hydrogens is 374 g/mol. The molecule has 3 aliphatic rings. The molecule has 9 nitrogen and oxygen atoms in total. The van der Waals surface area contributed by atoms with Gasteiger partial charge in [-0.2, -0.15) is 8.78 Å². The number of rotatable bonds is 5. The topological polar surface area (TPSA) is 92.9 Å². The molecule has 28 heavy (non-hydrogen) atoms. The van der Waals surface area contributed by atoms with Crippen LogP contribution in [-0.4, -0.2) is 59.6 Å². The number of nitrogens with one attached hydrogen (secondary N) is 3. The molecule has 3 aliphatic heterocycles. The molecule has 1 atom stereocenters. The number of carbonyl (C=O) groups is 2. The molecule has 150 valence electrons. The minimum Gasteiger partial charge on any atom is -0.469 e. The number of fused-ring (bicyclic) bond motifs is 1. The number of allylic oxidation sites excluding steroid dienone is 1. The van der Waals surface area contributed by atoms with Crippen LogP contribution in [0.1, 0.15) is 23.3 Å². The van der Waals surface area contributed by atoms with E-state index in [9.17, 15) is 18.4 Å². The van der Waals surface area contributed by atoms with Crippen LogP contribution in [0.4, 0.5) is 14.6 Å². The zero-order valence-corrected chi connectivity index (χ0v) is 15.1. The Labute approximate surface area is 159 Å². The van der Waals surface area contributed by atoms with Crippen LogP contribution < -0.4 is 20.5 Å². The minimum absolute atomic E-state index is 0.0207. The maximum absolute atomic E-state index is 13.9. The van der Waals surface area contributed by atoms with E-state index in [4.69, 9.17) is 4.74 Å². The van der Waals surface area contributed by atoms with Gasteiger partial charge in [0.1, 0.15) is 11.9 Å². The maximum atomic E-state index is 13.9. The number of hydrazine groups is 1. The molecule has 4 rings (SSSR count). The number of anilines is 1. The van der Waals surface area contributed by atoms with Crippen LogP contribution in [0.2, 0.25) is 0 Å². The van der Waals surface area contributed by atoms with Gasteiger partial charge in [0.25, 0.3) is 5.91 Å². The number of amides is 2. The molecule has 0 radical (unpaired) electrons. The Morgan fingerprint density at radius 1 is 1.46 bits per heavy atom. The van der Waals surface area contributed by atoms with Crippen molar-refractivity contribution in [3.05, 3.63) is 35.8 Å². The first-order valence-electron chi connectivity index (χ1n) is 8.83. The van der Waals surface area contributed by atoms with Crippen LogP contribution >= 0.6 is 0 Å². The Morgan fingerprint density at radius 3 is 2.96 bits per heavy atom. The molecule has 2 amide bonds. The first kappa shape index (κ1) is 18.4. The van der Waals surface area contributed by atoms with Gasteiger partial charge >= 0.3 is 6.05 Å². The van der Waals surface area contributed by atoms with Crippen LogP contribution in [-0.2, 0) is 4.79 Å². The van der Waals surface area contributed by atoms with Crippen LogP contribution in [0.15, 0.2) is 30.1 Å². The fourth-order valence-corrected chi connectivity index (χ4v) is 3.50. The second-order valence-electron chi connectivity index (χ2n) is 6.62. The summed E-state index contributed by atoms with van der Waals surface area (Å²) >= 11 is 0. The number of halogens is 2. The largest absolute Gasteiger partial charge is 0.469 e. The van der Waals surface area contributed by atoms with E-state index >= 15 is 0 Å². The van der Waals surface area contributed by atoms with Gasteiger partial charge in [0.05, 0.1) is 0 Å². The van der Waals surface area contributed by atoms with Crippen molar-refractivity contribution in [2.75, 3.05) is 25.2 Å². The molecule has 0 saturated carbocycles. The quantitative estimate of drug-likeness (QED) is 0.391. The second-order valence-corrected chi connectivity index (χ2v) is 6.62. The van der Waals surface area contributed by atoms with Crippen LogP contribution in [0.3, 0.4) is 0 Å². The summed E-state index contributed by atoms with van der Waals surface area (Å²) in [4.78, 5) is 30.4. The molecule has 1 unspecified atom stereocenters. The third kappa shape index (κ3) is 3.02. The summed E-state index contributed by atoms with van der Waals surface area (Å²) in [6.07, 6.45) is 5.32. The smallest absolute Gasteiger partial charge is 0.328 e. The first-order chi connectivity index (χ1) is 13.4. The fraction of sp³-hybridized carbons (Fsp3) is 0.412. The Kier molecular flexibility index (Phi) is 4.55. The highest BCUT2D eigenvalue weighted by Crippen LogP contribution is 2.39. The van der Waals surface area contributed by atoms with E-state index in [0.717, 1.165) is 5.70 Å². The zero-order chi connectivity index (χ0) is 19.9. The van der Waals surface area contributed by atoms with Crippen LogP contribution in [0, 0.1) is 0 Å². The van der Waals surface area contributed by atoms with Crippen molar-refractivity contribution < 1.29 is 23.1 Å². The lowest BCUT2D eigenvalue weighted by molar-refractivity contribution is -0.117. The number of aromatic amines is 1. The molecule has 0 spiro atoms. The van der Waals surface area contributed by atoms with Gasteiger partial charge in [0.2, 0.25) is 6.41 Å². The van der Waals surface area contributed by atoms with E-state index < -0.39 is 18.1 Å².